The van der Waals surface area contributed by atoms with Gasteiger partial charge >= 0.3 is 0 Å². The highest BCUT2D eigenvalue weighted by Crippen LogP contribution is 2.18. The number of sulfonamides is 1. The lowest BCUT2D eigenvalue weighted by molar-refractivity contribution is -0.116. The molecule has 9 heteroatoms. The van der Waals surface area contributed by atoms with Gasteiger partial charge in [-0.05, 0) is 24.3 Å². The molecule has 6 nitrogen and oxygen atoms in total. The van der Waals surface area contributed by atoms with E-state index in [2.05, 4.69) is 0 Å². The van der Waals surface area contributed by atoms with Crippen LogP contribution in [0.25, 0.3) is 0 Å². The van der Waals surface area contributed by atoms with Crippen molar-refractivity contribution in [2.45, 2.75) is 6.54 Å². The van der Waals surface area contributed by atoms with Crippen LogP contribution in [0, 0.1) is 11.6 Å². The van der Waals surface area contributed by atoms with Crippen LogP contribution < -0.4 is 5.32 Å². The number of anilines is 1. The van der Waals surface area contributed by atoms with Crippen molar-refractivity contribution < 1.29 is 26.4 Å². The number of rotatable bonds is 6. The minimum Gasteiger partial charge on any atom is -0.468 e. The Bertz CT molecular complexity index is 771. The zero-order chi connectivity index (χ0) is 17.0. The first kappa shape index (κ1) is 17.1. The lowest BCUT2D eigenvalue weighted by Gasteiger charge is -2.18. The molecule has 0 bridgehead atoms. The lowest BCUT2D eigenvalue weighted by Crippen LogP contribution is -2.37. The zero-order valence-electron chi connectivity index (χ0n) is 12.1. The molecule has 1 N–H and O–H groups in total. The molecule has 0 aliphatic rings. The standard InChI is InChI=1S/C14H14F2N2O4S/c1-23(20,21)18(8-10-4-3-7-22-10)9-13(19)17-14-11(15)5-2-6-12(14)16/h2-7H,8-9H2,1H3,(H,17,19). The molecule has 0 aliphatic heterocycles. The molecule has 1 heterocycles. The predicted octanol–water partition coefficient (Wildman–Crippen LogP) is 1.96. The molecule has 1 aromatic heterocycles. The second-order valence-electron chi connectivity index (χ2n) is 4.76. The third-order valence-electron chi connectivity index (χ3n) is 2.93. The van der Waals surface area contributed by atoms with Gasteiger partial charge in [0.15, 0.2) is 0 Å². The van der Waals surface area contributed by atoms with Crippen LogP contribution in [0.5, 0.6) is 0 Å². The lowest BCUT2D eigenvalue weighted by atomic mass is 10.3. The zero-order valence-corrected chi connectivity index (χ0v) is 12.9. The highest BCUT2D eigenvalue weighted by Gasteiger charge is 2.22. The fourth-order valence-electron chi connectivity index (χ4n) is 1.82. The average molecular weight is 344 g/mol. The van der Waals surface area contributed by atoms with Crippen molar-refractivity contribution in [3.63, 3.8) is 0 Å². The maximum atomic E-state index is 13.5. The number of amides is 1. The van der Waals surface area contributed by atoms with Crippen molar-refractivity contribution in [3.05, 3.63) is 54.0 Å². The summed E-state index contributed by atoms with van der Waals surface area (Å²) in [5.74, 6) is -2.43. The van der Waals surface area contributed by atoms with E-state index in [-0.39, 0.29) is 6.54 Å². The van der Waals surface area contributed by atoms with Gasteiger partial charge in [0.1, 0.15) is 23.1 Å². The van der Waals surface area contributed by atoms with Gasteiger partial charge in [0.2, 0.25) is 15.9 Å². The summed E-state index contributed by atoms with van der Waals surface area (Å²) in [4.78, 5) is 11.9. The molecule has 1 amide bonds. The second-order valence-corrected chi connectivity index (χ2v) is 6.74. The first-order valence-corrected chi connectivity index (χ1v) is 8.33. The number of carbonyl (C=O) groups is 1. The fraction of sp³-hybridized carbons (Fsp3) is 0.214. The molecule has 1 aromatic carbocycles. The summed E-state index contributed by atoms with van der Waals surface area (Å²) in [6, 6.07) is 6.24. The average Bonchev–Trinajstić information content (AvgIpc) is 2.94. The highest BCUT2D eigenvalue weighted by molar-refractivity contribution is 7.88. The molecule has 0 spiro atoms. The van der Waals surface area contributed by atoms with E-state index in [4.69, 9.17) is 4.42 Å². The van der Waals surface area contributed by atoms with Crippen molar-refractivity contribution in [1.82, 2.24) is 4.31 Å². The van der Waals surface area contributed by atoms with Gasteiger partial charge in [-0.25, -0.2) is 17.2 Å². The Morgan fingerprint density at radius 2 is 1.87 bits per heavy atom. The van der Waals surface area contributed by atoms with Crippen molar-refractivity contribution in [2.75, 3.05) is 18.1 Å². The highest BCUT2D eigenvalue weighted by atomic mass is 32.2. The van der Waals surface area contributed by atoms with Crippen LogP contribution in [0.4, 0.5) is 14.5 Å². The van der Waals surface area contributed by atoms with Crippen molar-refractivity contribution in [3.8, 4) is 0 Å². The molecule has 0 radical (unpaired) electrons. The molecule has 23 heavy (non-hydrogen) atoms. The summed E-state index contributed by atoms with van der Waals surface area (Å²) in [6.45, 7) is -0.772. The van der Waals surface area contributed by atoms with Gasteiger partial charge in [0.05, 0.1) is 25.6 Å². The molecule has 124 valence electrons. The van der Waals surface area contributed by atoms with Crippen LogP contribution in [0.1, 0.15) is 5.76 Å². The van der Waals surface area contributed by atoms with Crippen LogP contribution in [0.3, 0.4) is 0 Å². The third-order valence-corrected chi connectivity index (χ3v) is 4.12. The van der Waals surface area contributed by atoms with Crippen LogP contribution in [-0.2, 0) is 21.4 Å². The van der Waals surface area contributed by atoms with E-state index in [1.54, 1.807) is 12.1 Å². The van der Waals surface area contributed by atoms with Gasteiger partial charge in [0.25, 0.3) is 0 Å². The predicted molar refractivity (Wildman–Crippen MR) is 78.9 cm³/mol. The third kappa shape index (κ3) is 4.60. The second kappa shape index (κ2) is 6.88. The van der Waals surface area contributed by atoms with E-state index in [1.807, 2.05) is 5.32 Å². The molecule has 0 atom stereocenters. The quantitative estimate of drug-likeness (QED) is 0.869. The van der Waals surface area contributed by atoms with E-state index in [0.29, 0.717) is 5.76 Å². The first-order chi connectivity index (χ1) is 10.8. The minimum absolute atomic E-state index is 0.168. The summed E-state index contributed by atoms with van der Waals surface area (Å²) in [5, 5.41) is 2.04. The van der Waals surface area contributed by atoms with Gasteiger partial charge in [-0.1, -0.05) is 6.07 Å². The maximum Gasteiger partial charge on any atom is 0.239 e. The number of hydrogen-bond acceptors (Lipinski definition) is 4. The topological polar surface area (TPSA) is 79.6 Å². The smallest absolute Gasteiger partial charge is 0.239 e. The van der Waals surface area contributed by atoms with Gasteiger partial charge in [-0.3, -0.25) is 4.79 Å². The number of furan rings is 1. The van der Waals surface area contributed by atoms with E-state index < -0.39 is 39.8 Å². The van der Waals surface area contributed by atoms with Crippen LogP contribution in [0.2, 0.25) is 0 Å². The molecular formula is C14H14F2N2O4S. The van der Waals surface area contributed by atoms with E-state index in [1.165, 1.54) is 6.26 Å². The largest absolute Gasteiger partial charge is 0.468 e. The Labute approximate surface area is 131 Å². The monoisotopic (exact) mass is 344 g/mol. The molecular weight excluding hydrogens is 330 g/mol. The number of carbonyl (C=O) groups excluding carboxylic acids is 1. The first-order valence-electron chi connectivity index (χ1n) is 6.48. The van der Waals surface area contributed by atoms with Crippen molar-refractivity contribution in [1.29, 1.82) is 0 Å². The SMILES string of the molecule is CS(=O)(=O)N(CC(=O)Nc1c(F)cccc1F)Cc1ccco1. The van der Waals surface area contributed by atoms with Gasteiger partial charge < -0.3 is 9.73 Å². The molecule has 0 fully saturated rings. The fourth-order valence-corrected chi connectivity index (χ4v) is 2.54. The van der Waals surface area contributed by atoms with Gasteiger partial charge in [-0.15, -0.1) is 0 Å². The minimum atomic E-state index is -3.72. The Morgan fingerprint density at radius 3 is 2.39 bits per heavy atom. The molecule has 0 saturated carbocycles. The number of benzene rings is 1. The summed E-state index contributed by atoms with van der Waals surface area (Å²) in [5.41, 5.74) is -0.621. The van der Waals surface area contributed by atoms with Gasteiger partial charge in [0, 0.05) is 0 Å². The summed E-state index contributed by atoms with van der Waals surface area (Å²) < 4.78 is 56.3. The van der Waals surface area contributed by atoms with Gasteiger partial charge in [-0.2, -0.15) is 4.31 Å². The van der Waals surface area contributed by atoms with Crippen molar-refractivity contribution >= 4 is 21.6 Å². The normalized spacial score (nSPS) is 11.7. The summed E-state index contributed by atoms with van der Waals surface area (Å²) in [6.07, 6.45) is 2.29. The molecule has 2 rings (SSSR count). The van der Waals surface area contributed by atoms with Crippen LogP contribution in [-0.4, -0.2) is 31.4 Å². The Morgan fingerprint density at radius 1 is 1.22 bits per heavy atom. The van der Waals surface area contributed by atoms with E-state index in [9.17, 15) is 22.0 Å². The summed E-state index contributed by atoms with van der Waals surface area (Å²) in [7, 11) is -3.72. The van der Waals surface area contributed by atoms with E-state index in [0.717, 1.165) is 28.8 Å². The van der Waals surface area contributed by atoms with E-state index >= 15 is 0 Å². The summed E-state index contributed by atoms with van der Waals surface area (Å²) >= 11 is 0. The molecule has 0 saturated heterocycles. The number of hydrogen-bond donors (Lipinski definition) is 1. The van der Waals surface area contributed by atoms with Crippen LogP contribution >= 0.6 is 0 Å². The molecule has 0 unspecified atom stereocenters. The number of halogens is 2. The number of para-hydroxylation sites is 1. The van der Waals surface area contributed by atoms with Crippen molar-refractivity contribution in [2.24, 2.45) is 0 Å². The maximum absolute atomic E-state index is 13.5. The molecule has 2 aromatic rings. The Hall–Kier alpha value is -2.26. The van der Waals surface area contributed by atoms with Crippen LogP contribution in [0.15, 0.2) is 41.0 Å². The number of nitrogens with one attached hydrogen (secondary N) is 1. The molecule has 0 aliphatic carbocycles. The Kier molecular flexibility index (Phi) is 5.12. The number of nitrogens with zero attached hydrogens (tertiary/aromatic N) is 1. The Balaban J connectivity index is 2.12.